The average molecular weight is 309 g/mol. The van der Waals surface area contributed by atoms with Crippen LogP contribution in [0.25, 0.3) is 0 Å². The van der Waals surface area contributed by atoms with Gasteiger partial charge >= 0.3 is 0 Å². The number of aryl methyl sites for hydroxylation is 2. The van der Waals surface area contributed by atoms with E-state index >= 15 is 0 Å². The minimum Gasteiger partial charge on any atom is -0.332 e. The molecule has 0 heterocycles. The first-order valence-corrected chi connectivity index (χ1v) is 6.84. The molecule has 2 N–H and O–H groups in total. The Balaban J connectivity index is 2.09. The molecule has 0 spiro atoms. The second-order valence-electron chi connectivity index (χ2n) is 4.52. The molecule has 2 aromatic carbocycles. The number of halogens is 2. The van der Waals surface area contributed by atoms with Crippen molar-refractivity contribution in [2.24, 2.45) is 0 Å². The number of hydrogen-bond acceptors (Lipinski definition) is 1. The van der Waals surface area contributed by atoms with Crippen molar-refractivity contribution in [1.82, 2.24) is 0 Å². The van der Waals surface area contributed by atoms with E-state index in [0.717, 1.165) is 22.5 Å². The molecule has 0 amide bonds. The molecule has 2 rings (SSSR count). The van der Waals surface area contributed by atoms with Crippen LogP contribution in [0.1, 0.15) is 11.1 Å². The lowest BCUT2D eigenvalue weighted by Gasteiger charge is -2.13. The highest BCUT2D eigenvalue weighted by Crippen LogP contribution is 2.23. The van der Waals surface area contributed by atoms with Crippen LogP contribution in [0.15, 0.2) is 36.4 Å². The highest BCUT2D eigenvalue weighted by molar-refractivity contribution is 7.80. The Kier molecular flexibility index (Phi) is 4.57. The van der Waals surface area contributed by atoms with E-state index in [1.807, 2.05) is 32.0 Å². The number of rotatable bonds is 2. The lowest BCUT2D eigenvalue weighted by Crippen LogP contribution is -2.19. The molecule has 0 unspecified atom stereocenters. The normalized spacial score (nSPS) is 10.2. The summed E-state index contributed by atoms with van der Waals surface area (Å²) in [4.78, 5) is 0. The molecule has 5 heteroatoms. The molecule has 0 atom stereocenters. The summed E-state index contributed by atoms with van der Waals surface area (Å²) in [7, 11) is 0. The molecule has 0 saturated carbocycles. The highest BCUT2D eigenvalue weighted by Gasteiger charge is 2.05. The Bertz CT molecular complexity index is 603. The summed E-state index contributed by atoms with van der Waals surface area (Å²) in [5.74, 6) is -0.270. The fourth-order valence-corrected chi connectivity index (χ4v) is 2.27. The van der Waals surface area contributed by atoms with E-state index < -0.39 is 0 Å². The van der Waals surface area contributed by atoms with Gasteiger partial charge in [-0.1, -0.05) is 17.7 Å². The second-order valence-corrected chi connectivity index (χ2v) is 5.34. The predicted molar refractivity (Wildman–Crippen MR) is 87.2 cm³/mol. The van der Waals surface area contributed by atoms with Crippen molar-refractivity contribution < 1.29 is 4.39 Å². The minimum absolute atomic E-state index is 0.270. The van der Waals surface area contributed by atoms with Gasteiger partial charge in [-0.3, -0.25) is 0 Å². The first-order valence-electron chi connectivity index (χ1n) is 6.06. The van der Waals surface area contributed by atoms with E-state index in [9.17, 15) is 4.39 Å². The van der Waals surface area contributed by atoms with E-state index in [2.05, 4.69) is 10.6 Å². The summed E-state index contributed by atoms with van der Waals surface area (Å²) in [5.41, 5.74) is 3.35. The van der Waals surface area contributed by atoms with Crippen LogP contribution in [0.3, 0.4) is 0 Å². The Morgan fingerprint density at radius 3 is 2.35 bits per heavy atom. The molecule has 20 heavy (non-hydrogen) atoms. The molecule has 0 radical (unpaired) electrons. The summed E-state index contributed by atoms with van der Waals surface area (Å²) in [6, 6.07) is 10.1. The van der Waals surface area contributed by atoms with Crippen molar-refractivity contribution in [3.8, 4) is 0 Å². The maximum atomic E-state index is 13.0. The van der Waals surface area contributed by atoms with Crippen molar-refractivity contribution >= 4 is 40.3 Å². The third-order valence-electron chi connectivity index (χ3n) is 2.81. The summed E-state index contributed by atoms with van der Waals surface area (Å²) in [6.07, 6.45) is 0. The molecule has 0 aliphatic rings. The Hall–Kier alpha value is -1.65. The van der Waals surface area contributed by atoms with Gasteiger partial charge in [0.25, 0.3) is 0 Å². The van der Waals surface area contributed by atoms with Crippen LogP contribution < -0.4 is 10.6 Å². The topological polar surface area (TPSA) is 24.1 Å². The van der Waals surface area contributed by atoms with Gasteiger partial charge in [0.1, 0.15) is 5.82 Å². The SMILES string of the molecule is Cc1ccc(NC(=S)Nc2ccc(F)cc2C)c(Cl)c1. The van der Waals surface area contributed by atoms with Crippen molar-refractivity contribution in [3.63, 3.8) is 0 Å². The predicted octanol–water partition coefficient (Wildman–Crippen LogP) is 4.90. The molecule has 2 nitrogen and oxygen atoms in total. The standard InChI is InChI=1S/C15H14ClFN2S/c1-9-3-5-14(12(16)7-9)19-15(20)18-13-6-4-11(17)8-10(13)2/h3-8H,1-2H3,(H2,18,19,20). The Morgan fingerprint density at radius 2 is 1.70 bits per heavy atom. The minimum atomic E-state index is -0.270. The second kappa shape index (κ2) is 6.20. The number of hydrogen-bond donors (Lipinski definition) is 2. The lowest BCUT2D eigenvalue weighted by molar-refractivity contribution is 0.627. The zero-order chi connectivity index (χ0) is 14.7. The number of anilines is 2. The van der Waals surface area contributed by atoms with Gasteiger partial charge in [0.2, 0.25) is 0 Å². The fraction of sp³-hybridized carbons (Fsp3) is 0.133. The molecule has 2 aromatic rings. The average Bonchev–Trinajstić information content (AvgIpc) is 2.36. The van der Waals surface area contributed by atoms with Crippen molar-refractivity contribution in [2.75, 3.05) is 10.6 Å². The van der Waals surface area contributed by atoms with Crippen molar-refractivity contribution in [2.45, 2.75) is 13.8 Å². The third kappa shape index (κ3) is 3.68. The van der Waals surface area contributed by atoms with Crippen LogP contribution >= 0.6 is 23.8 Å². The van der Waals surface area contributed by atoms with Crippen LogP contribution in [0, 0.1) is 19.7 Å². The van der Waals surface area contributed by atoms with Crippen molar-refractivity contribution in [3.05, 3.63) is 58.4 Å². The third-order valence-corrected chi connectivity index (χ3v) is 3.33. The van der Waals surface area contributed by atoms with E-state index in [4.69, 9.17) is 23.8 Å². The van der Waals surface area contributed by atoms with Crippen LogP contribution in [-0.2, 0) is 0 Å². The zero-order valence-electron chi connectivity index (χ0n) is 11.1. The van der Waals surface area contributed by atoms with E-state index in [0.29, 0.717) is 10.1 Å². The zero-order valence-corrected chi connectivity index (χ0v) is 12.7. The van der Waals surface area contributed by atoms with E-state index in [1.165, 1.54) is 12.1 Å². The maximum absolute atomic E-state index is 13.0. The number of thiocarbonyl (C=S) groups is 1. The summed E-state index contributed by atoms with van der Waals surface area (Å²) < 4.78 is 13.0. The highest BCUT2D eigenvalue weighted by atomic mass is 35.5. The quantitative estimate of drug-likeness (QED) is 0.771. The molecule has 0 fully saturated rings. The van der Waals surface area contributed by atoms with Gasteiger partial charge in [-0.25, -0.2) is 4.39 Å². The van der Waals surface area contributed by atoms with E-state index in [-0.39, 0.29) is 5.82 Å². The van der Waals surface area contributed by atoms with E-state index in [1.54, 1.807) is 6.07 Å². The summed E-state index contributed by atoms with van der Waals surface area (Å²) >= 11 is 11.4. The summed E-state index contributed by atoms with van der Waals surface area (Å²) in [6.45, 7) is 3.78. The van der Waals surface area contributed by atoms with Crippen LogP contribution in [-0.4, -0.2) is 5.11 Å². The van der Waals surface area contributed by atoms with Gasteiger partial charge in [0.05, 0.1) is 10.7 Å². The van der Waals surface area contributed by atoms with Gasteiger partial charge in [-0.15, -0.1) is 0 Å². The van der Waals surface area contributed by atoms with Crippen LogP contribution in [0.5, 0.6) is 0 Å². The van der Waals surface area contributed by atoms with Gasteiger partial charge in [-0.05, 0) is 67.5 Å². The first kappa shape index (κ1) is 14.8. The molecule has 0 bridgehead atoms. The largest absolute Gasteiger partial charge is 0.332 e. The lowest BCUT2D eigenvalue weighted by atomic mass is 10.2. The summed E-state index contributed by atoms with van der Waals surface area (Å²) in [5, 5.41) is 7.05. The van der Waals surface area contributed by atoms with Gasteiger partial charge in [0, 0.05) is 5.69 Å². The van der Waals surface area contributed by atoms with Crippen LogP contribution in [0.2, 0.25) is 5.02 Å². The maximum Gasteiger partial charge on any atom is 0.175 e. The molecule has 0 saturated heterocycles. The van der Waals surface area contributed by atoms with Gasteiger partial charge in [-0.2, -0.15) is 0 Å². The Labute approximate surface area is 128 Å². The smallest absolute Gasteiger partial charge is 0.175 e. The van der Waals surface area contributed by atoms with Gasteiger partial charge in [0.15, 0.2) is 5.11 Å². The van der Waals surface area contributed by atoms with Gasteiger partial charge < -0.3 is 10.6 Å². The molecule has 0 aromatic heterocycles. The van der Waals surface area contributed by atoms with Crippen LogP contribution in [0.4, 0.5) is 15.8 Å². The fourth-order valence-electron chi connectivity index (χ4n) is 1.76. The van der Waals surface area contributed by atoms with Crippen molar-refractivity contribution in [1.29, 1.82) is 0 Å². The molecule has 104 valence electrons. The molecule has 0 aliphatic carbocycles. The Morgan fingerprint density at radius 1 is 1.05 bits per heavy atom. The molecular weight excluding hydrogens is 295 g/mol. The number of benzene rings is 2. The monoisotopic (exact) mass is 308 g/mol. The first-order chi connectivity index (χ1) is 9.45. The number of nitrogens with one attached hydrogen (secondary N) is 2. The molecular formula is C15H14ClFN2S. The molecule has 0 aliphatic heterocycles.